The molecule has 2 aromatic rings. The van der Waals surface area contributed by atoms with Crippen molar-refractivity contribution in [3.05, 3.63) is 48.4 Å². The Balaban J connectivity index is 2.03. The number of anilines is 1. The summed E-state index contributed by atoms with van der Waals surface area (Å²) in [5.74, 6) is 0.188. The van der Waals surface area contributed by atoms with Gasteiger partial charge in [-0.3, -0.25) is 4.79 Å². The maximum atomic E-state index is 11.9. The molecule has 0 aliphatic carbocycles. The van der Waals surface area contributed by atoms with E-state index in [0.717, 1.165) is 10.6 Å². The number of hydrogen-bond acceptors (Lipinski definition) is 4. The number of rotatable bonds is 1. The van der Waals surface area contributed by atoms with E-state index >= 15 is 0 Å². The van der Waals surface area contributed by atoms with Crippen molar-refractivity contribution in [1.82, 2.24) is 0 Å². The number of amides is 1. The number of nitrogens with one attached hydrogen (secondary N) is 1. The van der Waals surface area contributed by atoms with Crippen molar-refractivity contribution in [1.29, 1.82) is 0 Å². The van der Waals surface area contributed by atoms with Crippen LogP contribution in [0, 0.1) is 0 Å². The molecule has 1 aliphatic heterocycles. The molecule has 1 amide bonds. The molecule has 92 valence electrons. The van der Waals surface area contributed by atoms with Crippen LogP contribution in [-0.2, 0) is 4.79 Å². The SMILES string of the molecule is O=C1Nc2ccccc2S[C@@H](c2ccco2)[C@H]1O. The first-order valence-corrected chi connectivity index (χ1v) is 6.42. The third-order valence-corrected chi connectivity index (χ3v) is 4.13. The van der Waals surface area contributed by atoms with Gasteiger partial charge in [-0.1, -0.05) is 12.1 Å². The highest BCUT2D eigenvalue weighted by atomic mass is 32.2. The number of carbonyl (C=O) groups excluding carboxylic acids is 1. The first kappa shape index (κ1) is 11.4. The van der Waals surface area contributed by atoms with E-state index in [-0.39, 0.29) is 0 Å². The van der Waals surface area contributed by atoms with Gasteiger partial charge in [0.05, 0.1) is 12.0 Å². The Morgan fingerprint density at radius 2 is 2.06 bits per heavy atom. The number of benzene rings is 1. The quantitative estimate of drug-likeness (QED) is 0.827. The summed E-state index contributed by atoms with van der Waals surface area (Å²) in [6.45, 7) is 0. The first-order valence-electron chi connectivity index (χ1n) is 5.54. The molecule has 5 heteroatoms. The van der Waals surface area contributed by atoms with Crippen LogP contribution in [0.4, 0.5) is 5.69 Å². The lowest BCUT2D eigenvalue weighted by Gasteiger charge is -2.15. The van der Waals surface area contributed by atoms with E-state index in [0.29, 0.717) is 5.76 Å². The van der Waals surface area contributed by atoms with Gasteiger partial charge in [-0.25, -0.2) is 0 Å². The number of aliphatic hydroxyl groups excluding tert-OH is 1. The number of para-hydroxylation sites is 1. The van der Waals surface area contributed by atoms with Crippen LogP contribution in [0.15, 0.2) is 52.0 Å². The maximum Gasteiger partial charge on any atom is 0.254 e. The molecule has 2 heterocycles. The Bertz CT molecular complexity index is 567. The second-order valence-electron chi connectivity index (χ2n) is 3.98. The van der Waals surface area contributed by atoms with Crippen LogP contribution in [0.25, 0.3) is 0 Å². The zero-order valence-electron chi connectivity index (χ0n) is 9.37. The lowest BCUT2D eigenvalue weighted by Crippen LogP contribution is -2.30. The smallest absolute Gasteiger partial charge is 0.254 e. The van der Waals surface area contributed by atoms with Crippen LogP contribution in [0.3, 0.4) is 0 Å². The van der Waals surface area contributed by atoms with E-state index in [4.69, 9.17) is 4.42 Å². The largest absolute Gasteiger partial charge is 0.468 e. The lowest BCUT2D eigenvalue weighted by molar-refractivity contribution is -0.124. The monoisotopic (exact) mass is 261 g/mol. The molecule has 1 aliphatic rings. The molecule has 3 rings (SSSR count). The van der Waals surface area contributed by atoms with Gasteiger partial charge in [-0.15, -0.1) is 11.8 Å². The van der Waals surface area contributed by atoms with Crippen molar-refractivity contribution in [2.24, 2.45) is 0 Å². The summed E-state index contributed by atoms with van der Waals surface area (Å²) in [7, 11) is 0. The first-order chi connectivity index (χ1) is 8.75. The predicted octanol–water partition coefficient (Wildman–Crippen LogP) is 2.43. The zero-order valence-corrected chi connectivity index (χ0v) is 10.2. The van der Waals surface area contributed by atoms with E-state index in [1.807, 2.05) is 24.3 Å². The summed E-state index contributed by atoms with van der Waals surface area (Å²) in [4.78, 5) is 12.8. The van der Waals surface area contributed by atoms with Crippen LogP contribution in [-0.4, -0.2) is 17.1 Å². The van der Waals surface area contributed by atoms with Crippen molar-refractivity contribution in [3.8, 4) is 0 Å². The fraction of sp³-hybridized carbons (Fsp3) is 0.154. The van der Waals surface area contributed by atoms with Crippen molar-refractivity contribution in [2.75, 3.05) is 5.32 Å². The number of hydrogen-bond donors (Lipinski definition) is 2. The van der Waals surface area contributed by atoms with Gasteiger partial charge in [-0.05, 0) is 24.3 Å². The Hall–Kier alpha value is -1.72. The molecule has 0 saturated carbocycles. The molecule has 18 heavy (non-hydrogen) atoms. The molecular weight excluding hydrogens is 250 g/mol. The second-order valence-corrected chi connectivity index (χ2v) is 5.17. The summed E-state index contributed by atoms with van der Waals surface area (Å²) in [5, 5.41) is 12.4. The molecule has 4 nitrogen and oxygen atoms in total. The number of aliphatic hydroxyl groups is 1. The molecule has 0 bridgehead atoms. The average molecular weight is 261 g/mol. The zero-order chi connectivity index (χ0) is 12.5. The van der Waals surface area contributed by atoms with Crippen LogP contribution < -0.4 is 5.32 Å². The third kappa shape index (κ3) is 1.91. The van der Waals surface area contributed by atoms with Gasteiger partial charge in [0.2, 0.25) is 0 Å². The van der Waals surface area contributed by atoms with E-state index in [1.54, 1.807) is 12.1 Å². The van der Waals surface area contributed by atoms with Crippen LogP contribution in [0.2, 0.25) is 0 Å². The molecule has 0 saturated heterocycles. The van der Waals surface area contributed by atoms with E-state index in [2.05, 4.69) is 5.32 Å². The molecule has 2 N–H and O–H groups in total. The third-order valence-electron chi connectivity index (χ3n) is 2.78. The second kappa shape index (κ2) is 4.51. The van der Waals surface area contributed by atoms with Gasteiger partial charge in [0.1, 0.15) is 11.0 Å². The van der Waals surface area contributed by atoms with Gasteiger partial charge in [0.25, 0.3) is 5.91 Å². The van der Waals surface area contributed by atoms with Crippen molar-refractivity contribution in [3.63, 3.8) is 0 Å². The molecule has 1 aromatic carbocycles. The summed E-state index contributed by atoms with van der Waals surface area (Å²) in [6, 6.07) is 11.0. The molecule has 1 aromatic heterocycles. The minimum absolute atomic E-state index is 0.408. The molecule has 0 unspecified atom stereocenters. The van der Waals surface area contributed by atoms with Crippen molar-refractivity contribution < 1.29 is 14.3 Å². The highest BCUT2D eigenvalue weighted by molar-refractivity contribution is 7.99. The number of fused-ring (bicyclic) bond motifs is 1. The van der Waals surface area contributed by atoms with Crippen molar-refractivity contribution >= 4 is 23.4 Å². The lowest BCUT2D eigenvalue weighted by atomic mass is 10.2. The van der Waals surface area contributed by atoms with Crippen LogP contribution >= 0.6 is 11.8 Å². The molecule has 0 fully saturated rings. The fourth-order valence-corrected chi connectivity index (χ4v) is 3.06. The standard InChI is InChI=1S/C13H11NO3S/c15-11-12(9-5-3-7-17-9)18-10-6-2-1-4-8(10)14-13(11)16/h1-7,11-12,15H,(H,14,16)/t11-,12+/m1/s1. The van der Waals surface area contributed by atoms with Crippen LogP contribution in [0.5, 0.6) is 0 Å². The minimum atomic E-state index is -1.13. The van der Waals surface area contributed by atoms with Gasteiger partial charge < -0.3 is 14.8 Å². The van der Waals surface area contributed by atoms with E-state index < -0.39 is 17.3 Å². The van der Waals surface area contributed by atoms with Gasteiger partial charge >= 0.3 is 0 Å². The fourth-order valence-electron chi connectivity index (χ4n) is 1.88. The number of carbonyl (C=O) groups is 1. The van der Waals surface area contributed by atoms with E-state index in [1.165, 1.54) is 18.0 Å². The average Bonchev–Trinajstić information content (AvgIpc) is 2.86. The predicted molar refractivity (Wildman–Crippen MR) is 68.4 cm³/mol. The summed E-state index contributed by atoms with van der Waals surface area (Å²) < 4.78 is 5.30. The van der Waals surface area contributed by atoms with Gasteiger partial charge in [0.15, 0.2) is 6.10 Å². The molecule has 2 atom stereocenters. The molecular formula is C13H11NO3S. The maximum absolute atomic E-state index is 11.9. The Morgan fingerprint density at radius 3 is 2.83 bits per heavy atom. The topological polar surface area (TPSA) is 62.5 Å². The Kier molecular flexibility index (Phi) is 2.85. The number of thioether (sulfide) groups is 1. The highest BCUT2D eigenvalue weighted by Crippen LogP contribution is 2.43. The van der Waals surface area contributed by atoms with E-state index in [9.17, 15) is 9.90 Å². The van der Waals surface area contributed by atoms with Crippen LogP contribution in [0.1, 0.15) is 11.0 Å². The minimum Gasteiger partial charge on any atom is -0.468 e. The Labute approximate surface area is 108 Å². The Morgan fingerprint density at radius 1 is 1.22 bits per heavy atom. The van der Waals surface area contributed by atoms with Gasteiger partial charge in [0, 0.05) is 4.90 Å². The normalized spacial score (nSPS) is 23.1. The molecule has 0 spiro atoms. The highest BCUT2D eigenvalue weighted by Gasteiger charge is 2.34. The summed E-state index contributed by atoms with van der Waals surface area (Å²) in [5.41, 5.74) is 0.723. The number of furan rings is 1. The molecule has 0 radical (unpaired) electrons. The van der Waals surface area contributed by atoms with Gasteiger partial charge in [-0.2, -0.15) is 0 Å². The summed E-state index contributed by atoms with van der Waals surface area (Å²) >= 11 is 1.42. The van der Waals surface area contributed by atoms with Crippen molar-refractivity contribution in [2.45, 2.75) is 16.2 Å². The summed E-state index contributed by atoms with van der Waals surface area (Å²) in [6.07, 6.45) is 0.408.